The van der Waals surface area contributed by atoms with Crippen LogP contribution >= 0.6 is 7.60 Å². The fraction of sp³-hybridized carbons (Fsp3) is 0.700. The monoisotopic (exact) mass is 266 g/mol. The summed E-state index contributed by atoms with van der Waals surface area (Å²) >= 11 is 0. The molecule has 0 aromatic rings. The highest BCUT2D eigenvalue weighted by atomic mass is 31.2. The lowest BCUT2D eigenvalue weighted by atomic mass is 10.4. The first-order chi connectivity index (χ1) is 7.53. The highest BCUT2D eigenvalue weighted by Gasteiger charge is 2.28. The smallest absolute Gasteiger partial charge is 0.382 e. The first-order valence-corrected chi connectivity index (χ1v) is 6.89. The second-order valence-corrected chi connectivity index (χ2v) is 6.63. The molecule has 0 spiro atoms. The molecule has 0 amide bonds. The van der Waals surface area contributed by atoms with Crippen LogP contribution < -0.4 is 0 Å². The SMILES string of the molecule is C=C(C)C(=O)OCCOP(=O)(O)C[N+](C)(C)C. The van der Waals surface area contributed by atoms with Crippen molar-refractivity contribution in [3.8, 4) is 0 Å². The zero-order valence-corrected chi connectivity index (χ0v) is 11.7. The minimum absolute atomic E-state index is 0.00142. The second-order valence-electron chi connectivity index (χ2n) is 4.82. The van der Waals surface area contributed by atoms with Crippen molar-refractivity contribution in [2.24, 2.45) is 0 Å². The van der Waals surface area contributed by atoms with Gasteiger partial charge in [-0.1, -0.05) is 6.58 Å². The summed E-state index contributed by atoms with van der Waals surface area (Å²) in [5, 5.41) is 0. The van der Waals surface area contributed by atoms with Crippen LogP contribution in [0.2, 0.25) is 0 Å². The molecule has 0 saturated carbocycles. The fourth-order valence-corrected chi connectivity index (χ4v) is 2.53. The minimum Gasteiger partial charge on any atom is -0.460 e. The van der Waals surface area contributed by atoms with Gasteiger partial charge in [0.2, 0.25) is 0 Å². The third-order valence-electron chi connectivity index (χ3n) is 1.56. The summed E-state index contributed by atoms with van der Waals surface area (Å²) < 4.78 is 21.4. The van der Waals surface area contributed by atoms with Crippen LogP contribution in [0.25, 0.3) is 0 Å². The Kier molecular flexibility index (Phi) is 6.05. The van der Waals surface area contributed by atoms with E-state index in [1.807, 2.05) is 0 Å². The first kappa shape index (κ1) is 16.3. The average molecular weight is 266 g/mol. The number of carbonyl (C=O) groups excluding carboxylic acids is 1. The molecule has 0 radical (unpaired) electrons. The molecule has 1 unspecified atom stereocenters. The van der Waals surface area contributed by atoms with Gasteiger partial charge in [-0.25, -0.2) is 4.79 Å². The molecule has 0 bridgehead atoms. The van der Waals surface area contributed by atoms with Crippen LogP contribution in [0, 0.1) is 0 Å². The first-order valence-electron chi connectivity index (χ1n) is 5.13. The summed E-state index contributed by atoms with van der Waals surface area (Å²) in [5.41, 5.74) is 0.281. The molecule has 0 aliphatic carbocycles. The average Bonchev–Trinajstić information content (AvgIpc) is 2.07. The third-order valence-corrected chi connectivity index (χ3v) is 3.35. The van der Waals surface area contributed by atoms with E-state index in [2.05, 4.69) is 6.58 Å². The summed E-state index contributed by atoms with van der Waals surface area (Å²) in [7, 11) is 1.72. The van der Waals surface area contributed by atoms with Crippen molar-refractivity contribution in [2.75, 3.05) is 40.6 Å². The molecule has 1 N–H and O–H groups in total. The Bertz CT molecular complexity index is 334. The molecule has 0 aromatic carbocycles. The lowest BCUT2D eigenvalue weighted by Gasteiger charge is -2.25. The number of hydrogen-bond donors (Lipinski definition) is 1. The largest absolute Gasteiger partial charge is 0.460 e. The normalized spacial score (nSPS) is 15.1. The fourth-order valence-electron chi connectivity index (χ4n) is 1.01. The number of rotatable bonds is 7. The summed E-state index contributed by atoms with van der Waals surface area (Å²) in [5.74, 6) is -0.534. The van der Waals surface area contributed by atoms with Gasteiger partial charge in [-0.05, 0) is 6.92 Å². The Labute approximate surface area is 102 Å². The molecule has 0 heterocycles. The third kappa shape index (κ3) is 9.06. The van der Waals surface area contributed by atoms with Gasteiger partial charge < -0.3 is 18.6 Å². The Balaban J connectivity index is 3.93. The van der Waals surface area contributed by atoms with E-state index < -0.39 is 13.6 Å². The van der Waals surface area contributed by atoms with Crippen molar-refractivity contribution < 1.29 is 28.0 Å². The predicted molar refractivity (Wildman–Crippen MR) is 64.4 cm³/mol. The molecular weight excluding hydrogens is 245 g/mol. The van der Waals surface area contributed by atoms with Crippen LogP contribution in [0.1, 0.15) is 6.92 Å². The van der Waals surface area contributed by atoms with Gasteiger partial charge in [0, 0.05) is 5.57 Å². The van der Waals surface area contributed by atoms with Crippen LogP contribution in [-0.2, 0) is 18.6 Å². The van der Waals surface area contributed by atoms with Gasteiger partial charge in [0.15, 0.2) is 6.29 Å². The van der Waals surface area contributed by atoms with E-state index in [9.17, 15) is 14.3 Å². The van der Waals surface area contributed by atoms with Crippen molar-refractivity contribution in [1.82, 2.24) is 0 Å². The molecule has 0 aliphatic rings. The van der Waals surface area contributed by atoms with Gasteiger partial charge in [-0.3, -0.25) is 4.57 Å². The lowest BCUT2D eigenvalue weighted by molar-refractivity contribution is -0.859. The van der Waals surface area contributed by atoms with Crippen molar-refractivity contribution >= 4 is 13.6 Å². The van der Waals surface area contributed by atoms with Crippen molar-refractivity contribution in [3.05, 3.63) is 12.2 Å². The molecule has 0 aromatic heterocycles. The molecule has 0 saturated heterocycles. The Hall–Kier alpha value is -0.680. The zero-order valence-electron chi connectivity index (χ0n) is 10.8. The maximum atomic E-state index is 11.6. The molecule has 17 heavy (non-hydrogen) atoms. The van der Waals surface area contributed by atoms with E-state index in [0.29, 0.717) is 4.48 Å². The van der Waals surface area contributed by atoms with Crippen LogP contribution in [0.15, 0.2) is 12.2 Å². The van der Waals surface area contributed by atoms with E-state index in [-0.39, 0.29) is 25.1 Å². The standard InChI is InChI=1S/C10H20NO5P/c1-9(2)10(12)15-6-7-16-17(13,14)8-11(3,4)5/h1,6-8H2,2-5H3/p+1. The Morgan fingerprint density at radius 1 is 1.35 bits per heavy atom. The molecule has 0 aliphatic heterocycles. The lowest BCUT2D eigenvalue weighted by Crippen LogP contribution is -2.35. The summed E-state index contributed by atoms with van der Waals surface area (Å²) in [6.07, 6.45) is 0.00142. The number of hydrogen-bond acceptors (Lipinski definition) is 4. The molecule has 0 fully saturated rings. The second kappa shape index (κ2) is 6.31. The number of quaternary nitrogens is 1. The van der Waals surface area contributed by atoms with Gasteiger partial charge in [-0.2, -0.15) is 0 Å². The van der Waals surface area contributed by atoms with Crippen LogP contribution in [0.3, 0.4) is 0 Å². The van der Waals surface area contributed by atoms with Crippen LogP contribution in [-0.4, -0.2) is 56.0 Å². The number of carbonyl (C=O) groups is 1. The van der Waals surface area contributed by atoms with Crippen LogP contribution in [0.4, 0.5) is 0 Å². The minimum atomic E-state index is -3.64. The van der Waals surface area contributed by atoms with E-state index in [0.717, 1.165) is 0 Å². The van der Waals surface area contributed by atoms with Gasteiger partial charge in [0.1, 0.15) is 6.61 Å². The molecule has 6 nitrogen and oxygen atoms in total. The van der Waals surface area contributed by atoms with Crippen molar-refractivity contribution in [3.63, 3.8) is 0 Å². The van der Waals surface area contributed by atoms with Crippen LogP contribution in [0.5, 0.6) is 0 Å². The Morgan fingerprint density at radius 2 is 1.88 bits per heavy atom. The highest BCUT2D eigenvalue weighted by Crippen LogP contribution is 2.42. The zero-order chi connectivity index (χ0) is 13.7. The number of esters is 1. The maximum absolute atomic E-state index is 11.6. The highest BCUT2D eigenvalue weighted by molar-refractivity contribution is 7.52. The quantitative estimate of drug-likeness (QED) is 0.244. The summed E-state index contributed by atoms with van der Waals surface area (Å²) in [4.78, 5) is 20.5. The van der Waals surface area contributed by atoms with E-state index >= 15 is 0 Å². The topological polar surface area (TPSA) is 72.8 Å². The number of nitrogens with zero attached hydrogens (tertiary/aromatic N) is 1. The van der Waals surface area contributed by atoms with Crippen molar-refractivity contribution in [1.29, 1.82) is 0 Å². The number of ether oxygens (including phenoxy) is 1. The van der Waals surface area contributed by atoms with E-state index in [4.69, 9.17) is 9.26 Å². The van der Waals surface area contributed by atoms with E-state index in [1.165, 1.54) is 6.92 Å². The molecule has 7 heteroatoms. The maximum Gasteiger partial charge on any atom is 0.382 e. The van der Waals surface area contributed by atoms with E-state index in [1.54, 1.807) is 21.1 Å². The Morgan fingerprint density at radius 3 is 2.29 bits per heavy atom. The summed E-state index contributed by atoms with van der Waals surface area (Å²) in [6.45, 7) is 4.77. The van der Waals surface area contributed by atoms with Crippen molar-refractivity contribution in [2.45, 2.75) is 6.92 Å². The van der Waals surface area contributed by atoms with Gasteiger partial charge >= 0.3 is 13.6 Å². The molecule has 100 valence electrons. The molecular formula is C10H21NO5P+. The van der Waals surface area contributed by atoms with Gasteiger partial charge in [0.25, 0.3) is 0 Å². The molecule has 0 rings (SSSR count). The molecule has 1 atom stereocenters. The van der Waals surface area contributed by atoms with Gasteiger partial charge in [-0.15, -0.1) is 0 Å². The summed E-state index contributed by atoms with van der Waals surface area (Å²) in [6, 6.07) is 0. The predicted octanol–water partition coefficient (Wildman–Crippen LogP) is 0.971. The van der Waals surface area contributed by atoms with Gasteiger partial charge in [0.05, 0.1) is 27.7 Å².